The maximum Gasteiger partial charge on any atom is 0.0206 e. The molecule has 1 aliphatic rings. The highest BCUT2D eigenvalue weighted by atomic mass is 15.1. The minimum atomic E-state index is 1.12. The van der Waals surface area contributed by atoms with Crippen LogP contribution >= 0.6 is 0 Å². The van der Waals surface area contributed by atoms with Crippen LogP contribution in [-0.2, 0) is 0 Å². The fraction of sp³-hybridized carbons (Fsp3) is 0.800. The van der Waals surface area contributed by atoms with E-state index in [1.165, 1.54) is 31.4 Å². The van der Waals surface area contributed by atoms with Crippen molar-refractivity contribution in [3.63, 3.8) is 0 Å². The number of hydrogen-bond acceptors (Lipinski definition) is 2. The van der Waals surface area contributed by atoms with Crippen molar-refractivity contribution in [2.45, 2.75) is 25.7 Å². The van der Waals surface area contributed by atoms with Crippen LogP contribution in [0.1, 0.15) is 25.7 Å². The molecule has 0 aromatic rings. The van der Waals surface area contributed by atoms with Gasteiger partial charge in [0.1, 0.15) is 0 Å². The second kappa shape index (κ2) is 4.51. The first-order chi connectivity index (χ1) is 5.74. The predicted molar refractivity (Wildman–Crippen MR) is 53.1 cm³/mol. The summed E-state index contributed by atoms with van der Waals surface area (Å²) in [5, 5.41) is 3.31. The Labute approximate surface area is 75.6 Å². The topological polar surface area (TPSA) is 15.3 Å². The van der Waals surface area contributed by atoms with Crippen molar-refractivity contribution in [1.82, 2.24) is 10.2 Å². The lowest BCUT2D eigenvalue weighted by Crippen LogP contribution is -2.22. The highest BCUT2D eigenvalue weighted by molar-refractivity contribution is 5.16. The first-order valence-electron chi connectivity index (χ1n) is 4.77. The second-order valence-corrected chi connectivity index (χ2v) is 3.78. The number of nitrogens with one attached hydrogen (secondary N) is 1. The molecule has 1 aliphatic carbocycles. The largest absolute Gasteiger partial charge is 0.391 e. The van der Waals surface area contributed by atoms with Gasteiger partial charge in [-0.1, -0.05) is 0 Å². The van der Waals surface area contributed by atoms with Gasteiger partial charge >= 0.3 is 0 Å². The summed E-state index contributed by atoms with van der Waals surface area (Å²) >= 11 is 0. The van der Waals surface area contributed by atoms with Crippen molar-refractivity contribution >= 4 is 0 Å². The van der Waals surface area contributed by atoms with Gasteiger partial charge in [-0.2, -0.15) is 0 Å². The maximum absolute atomic E-state index is 3.31. The average Bonchev–Trinajstić information content (AvgIpc) is 2.04. The minimum absolute atomic E-state index is 1.12. The lowest BCUT2D eigenvalue weighted by atomic mass is 9.96. The van der Waals surface area contributed by atoms with Crippen molar-refractivity contribution in [2.24, 2.45) is 0 Å². The zero-order chi connectivity index (χ0) is 8.97. The molecule has 12 heavy (non-hydrogen) atoms. The first kappa shape index (κ1) is 9.59. The number of likely N-dealkylation sites (N-methyl/N-ethyl adjacent to an activating group) is 1. The summed E-state index contributed by atoms with van der Waals surface area (Å²) < 4.78 is 0. The molecular weight excluding hydrogens is 148 g/mol. The summed E-state index contributed by atoms with van der Waals surface area (Å²) in [6.45, 7) is 1.12. The standard InChI is InChI=1S/C10H20N2/c1-11-10-7-5-4-6-9(10)8-12(2)3/h11H,4-8H2,1-3H3. The van der Waals surface area contributed by atoms with E-state index in [0.717, 1.165) is 6.54 Å². The summed E-state index contributed by atoms with van der Waals surface area (Å²) in [7, 11) is 6.31. The Morgan fingerprint density at radius 1 is 1.25 bits per heavy atom. The van der Waals surface area contributed by atoms with Gasteiger partial charge in [-0.3, -0.25) is 0 Å². The molecule has 0 saturated carbocycles. The molecule has 0 bridgehead atoms. The van der Waals surface area contributed by atoms with Gasteiger partial charge in [-0.05, 0) is 45.4 Å². The third kappa shape index (κ3) is 2.52. The molecule has 2 nitrogen and oxygen atoms in total. The van der Waals surface area contributed by atoms with E-state index in [1.54, 1.807) is 5.57 Å². The van der Waals surface area contributed by atoms with Crippen LogP contribution in [0.2, 0.25) is 0 Å². The van der Waals surface area contributed by atoms with Gasteiger partial charge in [-0.25, -0.2) is 0 Å². The molecule has 0 heterocycles. The van der Waals surface area contributed by atoms with E-state index in [9.17, 15) is 0 Å². The Kier molecular flexibility index (Phi) is 3.60. The van der Waals surface area contributed by atoms with E-state index in [4.69, 9.17) is 0 Å². The van der Waals surface area contributed by atoms with E-state index < -0.39 is 0 Å². The molecule has 0 aromatic heterocycles. The summed E-state index contributed by atoms with van der Waals surface area (Å²) in [6.07, 6.45) is 5.26. The SMILES string of the molecule is CNC1=C(CN(C)C)CCCC1. The van der Waals surface area contributed by atoms with Crippen LogP contribution in [-0.4, -0.2) is 32.6 Å². The molecule has 0 unspecified atom stereocenters. The molecule has 2 heteroatoms. The quantitative estimate of drug-likeness (QED) is 0.688. The lowest BCUT2D eigenvalue weighted by Gasteiger charge is -2.22. The van der Waals surface area contributed by atoms with Crippen LogP contribution in [0, 0.1) is 0 Å². The Hall–Kier alpha value is -0.500. The van der Waals surface area contributed by atoms with Gasteiger partial charge in [0.2, 0.25) is 0 Å². The summed E-state index contributed by atoms with van der Waals surface area (Å²) in [4.78, 5) is 2.25. The second-order valence-electron chi connectivity index (χ2n) is 3.78. The van der Waals surface area contributed by atoms with Crippen molar-refractivity contribution in [2.75, 3.05) is 27.7 Å². The molecule has 1 rings (SSSR count). The summed E-state index contributed by atoms with van der Waals surface area (Å²) in [5.74, 6) is 0. The number of nitrogens with zero attached hydrogens (tertiary/aromatic N) is 1. The molecule has 0 amide bonds. The number of allylic oxidation sites excluding steroid dienone is 1. The molecule has 70 valence electrons. The monoisotopic (exact) mass is 168 g/mol. The van der Waals surface area contributed by atoms with Crippen LogP contribution in [0.25, 0.3) is 0 Å². The van der Waals surface area contributed by atoms with Crippen LogP contribution in [0.15, 0.2) is 11.3 Å². The van der Waals surface area contributed by atoms with E-state index in [0.29, 0.717) is 0 Å². The Morgan fingerprint density at radius 2 is 1.92 bits per heavy atom. The van der Waals surface area contributed by atoms with Crippen LogP contribution in [0.5, 0.6) is 0 Å². The summed E-state index contributed by atoms with van der Waals surface area (Å²) in [6, 6.07) is 0. The van der Waals surface area contributed by atoms with Crippen LogP contribution in [0.3, 0.4) is 0 Å². The average molecular weight is 168 g/mol. The minimum Gasteiger partial charge on any atom is -0.391 e. The fourth-order valence-corrected chi connectivity index (χ4v) is 1.83. The summed E-state index contributed by atoms with van der Waals surface area (Å²) in [5.41, 5.74) is 3.09. The van der Waals surface area contributed by atoms with Gasteiger partial charge in [0.15, 0.2) is 0 Å². The van der Waals surface area contributed by atoms with Gasteiger partial charge in [0.05, 0.1) is 0 Å². The van der Waals surface area contributed by atoms with Gasteiger partial charge < -0.3 is 10.2 Å². The molecule has 0 aromatic carbocycles. The fourth-order valence-electron chi connectivity index (χ4n) is 1.83. The Balaban J connectivity index is 2.60. The Bertz CT molecular complexity index is 171. The smallest absolute Gasteiger partial charge is 0.0206 e. The van der Waals surface area contributed by atoms with Crippen LogP contribution in [0.4, 0.5) is 0 Å². The van der Waals surface area contributed by atoms with Crippen molar-refractivity contribution in [1.29, 1.82) is 0 Å². The third-order valence-corrected chi connectivity index (χ3v) is 2.39. The zero-order valence-corrected chi connectivity index (χ0v) is 8.48. The van der Waals surface area contributed by atoms with Gasteiger partial charge in [0, 0.05) is 19.3 Å². The van der Waals surface area contributed by atoms with E-state index in [-0.39, 0.29) is 0 Å². The highest BCUT2D eigenvalue weighted by Gasteiger charge is 2.11. The van der Waals surface area contributed by atoms with Gasteiger partial charge in [0.25, 0.3) is 0 Å². The maximum atomic E-state index is 3.31. The number of hydrogen-bond donors (Lipinski definition) is 1. The molecular formula is C10H20N2. The Morgan fingerprint density at radius 3 is 2.50 bits per heavy atom. The highest BCUT2D eigenvalue weighted by Crippen LogP contribution is 2.22. The molecule has 0 spiro atoms. The normalized spacial score (nSPS) is 18.7. The van der Waals surface area contributed by atoms with E-state index in [2.05, 4.69) is 24.3 Å². The lowest BCUT2D eigenvalue weighted by molar-refractivity contribution is 0.426. The molecule has 0 aliphatic heterocycles. The van der Waals surface area contributed by atoms with Gasteiger partial charge in [-0.15, -0.1) is 0 Å². The molecule has 0 atom stereocenters. The number of rotatable bonds is 3. The van der Waals surface area contributed by atoms with Crippen LogP contribution < -0.4 is 5.32 Å². The molecule has 1 N–H and O–H groups in total. The van der Waals surface area contributed by atoms with E-state index >= 15 is 0 Å². The zero-order valence-electron chi connectivity index (χ0n) is 8.48. The van der Waals surface area contributed by atoms with E-state index in [1.807, 2.05) is 7.05 Å². The van der Waals surface area contributed by atoms with Crippen molar-refractivity contribution in [3.8, 4) is 0 Å². The molecule has 0 saturated heterocycles. The predicted octanol–water partition coefficient (Wildman–Crippen LogP) is 1.60. The van der Waals surface area contributed by atoms with Crippen molar-refractivity contribution < 1.29 is 0 Å². The van der Waals surface area contributed by atoms with Crippen molar-refractivity contribution in [3.05, 3.63) is 11.3 Å². The molecule has 0 radical (unpaired) electrons. The molecule has 0 fully saturated rings. The first-order valence-corrected chi connectivity index (χ1v) is 4.77. The third-order valence-electron chi connectivity index (χ3n) is 2.39.